The summed E-state index contributed by atoms with van der Waals surface area (Å²) < 4.78 is 10.1. The summed E-state index contributed by atoms with van der Waals surface area (Å²) in [5, 5.41) is 10.2. The predicted molar refractivity (Wildman–Crippen MR) is 88.5 cm³/mol. The van der Waals surface area contributed by atoms with E-state index in [1.807, 2.05) is 30.3 Å². The number of carbonyl (C=O) groups is 2. The van der Waals surface area contributed by atoms with Crippen molar-refractivity contribution in [3.8, 4) is 0 Å². The second-order valence-corrected chi connectivity index (χ2v) is 6.48. The fourth-order valence-corrected chi connectivity index (χ4v) is 3.12. The lowest BCUT2D eigenvalue weighted by molar-refractivity contribution is -0.130. The molecule has 0 aliphatic carbocycles. The molecule has 1 saturated heterocycles. The smallest absolute Gasteiger partial charge is 0.417 e. The van der Waals surface area contributed by atoms with Gasteiger partial charge in [0.25, 0.3) is 0 Å². The highest BCUT2D eigenvalue weighted by molar-refractivity contribution is 9.10. The number of halogens is 1. The Kier molecular flexibility index (Phi) is 5.01. The summed E-state index contributed by atoms with van der Waals surface area (Å²) in [5.74, 6) is -0.306. The van der Waals surface area contributed by atoms with Crippen molar-refractivity contribution in [3.63, 3.8) is 0 Å². The summed E-state index contributed by atoms with van der Waals surface area (Å²) in [6, 6.07) is 12.3. The zero-order valence-electron chi connectivity index (χ0n) is 12.7. The van der Waals surface area contributed by atoms with E-state index in [1.165, 1.54) is 6.26 Å². The van der Waals surface area contributed by atoms with Gasteiger partial charge in [-0.1, -0.05) is 46.3 Å². The van der Waals surface area contributed by atoms with E-state index in [-0.39, 0.29) is 12.4 Å². The Morgan fingerprint density at radius 2 is 2.04 bits per heavy atom. The molecule has 126 valence electrons. The minimum atomic E-state index is -1.20. The SMILES string of the molecule is O=C1OC[C@H](Cc2ccccc2)N1C(=O)[C@@H](Br)[C@@H](O)c1ccco1. The van der Waals surface area contributed by atoms with Gasteiger partial charge in [0.1, 0.15) is 23.3 Å². The summed E-state index contributed by atoms with van der Waals surface area (Å²) in [5.41, 5.74) is 0.997. The zero-order valence-corrected chi connectivity index (χ0v) is 14.3. The Balaban J connectivity index is 1.74. The van der Waals surface area contributed by atoms with Gasteiger partial charge in [-0.25, -0.2) is 9.69 Å². The number of aliphatic hydroxyl groups excluding tert-OH is 1. The van der Waals surface area contributed by atoms with Crippen molar-refractivity contribution >= 4 is 27.9 Å². The molecule has 1 aromatic carbocycles. The summed E-state index contributed by atoms with van der Waals surface area (Å²) in [6.07, 6.45) is 0.00950. The first-order chi connectivity index (χ1) is 11.6. The Morgan fingerprint density at radius 1 is 1.29 bits per heavy atom. The van der Waals surface area contributed by atoms with Gasteiger partial charge in [-0.2, -0.15) is 0 Å². The van der Waals surface area contributed by atoms with Crippen molar-refractivity contribution in [2.75, 3.05) is 6.61 Å². The third-order valence-electron chi connectivity index (χ3n) is 3.86. The van der Waals surface area contributed by atoms with Crippen LogP contribution in [0, 0.1) is 0 Å². The number of furan rings is 1. The normalized spacial score (nSPS) is 19.8. The van der Waals surface area contributed by atoms with Gasteiger partial charge in [0.2, 0.25) is 5.91 Å². The third kappa shape index (κ3) is 3.37. The second kappa shape index (κ2) is 7.19. The average molecular weight is 394 g/mol. The highest BCUT2D eigenvalue weighted by Gasteiger charge is 2.42. The molecule has 7 heteroatoms. The van der Waals surface area contributed by atoms with Crippen molar-refractivity contribution in [1.29, 1.82) is 0 Å². The van der Waals surface area contributed by atoms with E-state index in [4.69, 9.17) is 9.15 Å². The van der Waals surface area contributed by atoms with Crippen LogP contribution < -0.4 is 0 Å². The van der Waals surface area contributed by atoms with Crippen LogP contribution in [0.5, 0.6) is 0 Å². The van der Waals surface area contributed by atoms with Crippen LogP contribution in [-0.4, -0.2) is 39.5 Å². The minimum Gasteiger partial charge on any atom is -0.467 e. The van der Waals surface area contributed by atoms with E-state index >= 15 is 0 Å². The Morgan fingerprint density at radius 3 is 2.71 bits per heavy atom. The maximum absolute atomic E-state index is 12.7. The second-order valence-electron chi connectivity index (χ2n) is 5.49. The van der Waals surface area contributed by atoms with Crippen LogP contribution in [-0.2, 0) is 16.0 Å². The molecule has 2 amide bonds. The molecular weight excluding hydrogens is 378 g/mol. The Labute approximate surface area is 147 Å². The van der Waals surface area contributed by atoms with E-state index in [9.17, 15) is 14.7 Å². The summed E-state index contributed by atoms with van der Waals surface area (Å²) in [4.78, 5) is 24.7. The lowest BCUT2D eigenvalue weighted by Gasteiger charge is -2.24. The number of amides is 2. The van der Waals surface area contributed by atoms with Crippen LogP contribution in [0.1, 0.15) is 17.4 Å². The van der Waals surface area contributed by atoms with Crippen molar-refractivity contribution in [2.24, 2.45) is 0 Å². The van der Waals surface area contributed by atoms with Crippen molar-refractivity contribution in [1.82, 2.24) is 4.90 Å². The monoisotopic (exact) mass is 393 g/mol. The number of hydrogen-bond donors (Lipinski definition) is 1. The molecule has 2 heterocycles. The van der Waals surface area contributed by atoms with Crippen LogP contribution in [0.15, 0.2) is 53.1 Å². The van der Waals surface area contributed by atoms with Gasteiger partial charge < -0.3 is 14.3 Å². The van der Waals surface area contributed by atoms with Gasteiger partial charge in [0, 0.05) is 0 Å². The largest absolute Gasteiger partial charge is 0.467 e. The summed E-state index contributed by atoms with van der Waals surface area (Å²) >= 11 is 3.17. The number of alkyl halides is 1. The molecule has 2 aromatic rings. The number of carbonyl (C=O) groups excluding carboxylic acids is 2. The minimum absolute atomic E-state index is 0.135. The van der Waals surface area contributed by atoms with E-state index in [1.54, 1.807) is 12.1 Å². The maximum Gasteiger partial charge on any atom is 0.417 e. The first-order valence-electron chi connectivity index (χ1n) is 7.47. The van der Waals surface area contributed by atoms with Gasteiger partial charge in [-0.15, -0.1) is 0 Å². The van der Waals surface area contributed by atoms with Gasteiger partial charge in [-0.3, -0.25) is 4.79 Å². The third-order valence-corrected chi connectivity index (χ3v) is 4.75. The Hall–Kier alpha value is -2.12. The number of aliphatic hydroxyl groups is 1. The molecule has 0 radical (unpaired) electrons. The number of hydrogen-bond acceptors (Lipinski definition) is 5. The predicted octanol–water partition coefficient (Wildman–Crippen LogP) is 2.67. The number of nitrogens with zero attached hydrogens (tertiary/aromatic N) is 1. The fourth-order valence-electron chi connectivity index (χ4n) is 2.64. The zero-order chi connectivity index (χ0) is 17.1. The van der Waals surface area contributed by atoms with Gasteiger partial charge >= 0.3 is 6.09 Å². The number of rotatable bonds is 5. The first kappa shape index (κ1) is 16.7. The maximum atomic E-state index is 12.7. The van der Waals surface area contributed by atoms with Crippen LogP contribution in [0.2, 0.25) is 0 Å². The first-order valence-corrected chi connectivity index (χ1v) is 8.39. The van der Waals surface area contributed by atoms with Crippen molar-refractivity contribution < 1.29 is 23.8 Å². The summed E-state index contributed by atoms with van der Waals surface area (Å²) in [7, 11) is 0. The topological polar surface area (TPSA) is 80.0 Å². The quantitative estimate of drug-likeness (QED) is 0.789. The molecule has 1 N–H and O–H groups in total. The molecule has 0 bridgehead atoms. The standard InChI is InChI=1S/C17H16BrNO5/c18-14(15(20)13-7-4-8-23-13)16(21)19-12(10-24-17(19)22)9-11-5-2-1-3-6-11/h1-8,12,14-15,20H,9-10H2/t12-,14-,15-/m0/s1. The molecule has 1 aliphatic rings. The summed E-state index contributed by atoms with van der Waals surface area (Å²) in [6.45, 7) is 0.135. The van der Waals surface area contributed by atoms with E-state index < -0.39 is 29.0 Å². The molecule has 24 heavy (non-hydrogen) atoms. The molecule has 3 rings (SSSR count). The molecular formula is C17H16BrNO5. The van der Waals surface area contributed by atoms with Gasteiger partial charge in [0.05, 0.1) is 12.3 Å². The van der Waals surface area contributed by atoms with Crippen LogP contribution in [0.4, 0.5) is 4.79 Å². The molecule has 0 unspecified atom stereocenters. The highest BCUT2D eigenvalue weighted by Crippen LogP contribution is 2.27. The number of imide groups is 1. The van der Waals surface area contributed by atoms with E-state index in [2.05, 4.69) is 15.9 Å². The number of cyclic esters (lactones) is 1. The molecule has 1 aromatic heterocycles. The molecule has 0 spiro atoms. The molecule has 3 atom stereocenters. The van der Waals surface area contributed by atoms with Crippen molar-refractivity contribution in [3.05, 3.63) is 60.1 Å². The van der Waals surface area contributed by atoms with Crippen LogP contribution in [0.3, 0.4) is 0 Å². The molecule has 6 nitrogen and oxygen atoms in total. The highest BCUT2D eigenvalue weighted by atomic mass is 79.9. The molecule has 1 aliphatic heterocycles. The Bertz CT molecular complexity index is 703. The number of ether oxygens (including phenoxy) is 1. The lowest BCUT2D eigenvalue weighted by atomic mass is 10.1. The van der Waals surface area contributed by atoms with Crippen molar-refractivity contribution in [2.45, 2.75) is 23.4 Å². The van der Waals surface area contributed by atoms with Gasteiger partial charge in [-0.05, 0) is 24.1 Å². The number of benzene rings is 1. The van der Waals surface area contributed by atoms with Crippen LogP contribution >= 0.6 is 15.9 Å². The van der Waals surface area contributed by atoms with Crippen LogP contribution in [0.25, 0.3) is 0 Å². The average Bonchev–Trinajstić information content (AvgIpc) is 3.24. The fraction of sp³-hybridized carbons (Fsp3) is 0.294. The molecule has 0 saturated carbocycles. The van der Waals surface area contributed by atoms with E-state index in [0.717, 1.165) is 10.5 Å². The van der Waals surface area contributed by atoms with E-state index in [0.29, 0.717) is 6.42 Å². The lowest BCUT2D eigenvalue weighted by Crippen LogP contribution is -2.45. The van der Waals surface area contributed by atoms with Gasteiger partial charge in [0.15, 0.2) is 0 Å². The molecule has 1 fully saturated rings.